The van der Waals surface area contributed by atoms with Crippen LogP contribution in [0.4, 0.5) is 4.39 Å². The molecule has 0 spiro atoms. The van der Waals surface area contributed by atoms with Crippen molar-refractivity contribution in [2.24, 2.45) is 5.73 Å². The Morgan fingerprint density at radius 2 is 2.00 bits per heavy atom. The molecule has 1 unspecified atom stereocenters. The Balaban J connectivity index is 2.16. The fraction of sp³-hybridized carbons (Fsp3) is 0.250. The number of hydrogen-bond acceptors (Lipinski definition) is 2. The van der Waals surface area contributed by atoms with Crippen LogP contribution in [-0.2, 0) is 13.0 Å². The summed E-state index contributed by atoms with van der Waals surface area (Å²) in [7, 11) is 0. The lowest BCUT2D eigenvalue weighted by Gasteiger charge is -2.14. The van der Waals surface area contributed by atoms with E-state index in [1.807, 2.05) is 25.1 Å². The molecule has 0 amide bonds. The first-order valence-corrected chi connectivity index (χ1v) is 6.84. The smallest absolute Gasteiger partial charge is 0.165 e. The topological polar surface area (TPSA) is 35.2 Å². The molecule has 2 aromatic carbocycles. The zero-order chi connectivity index (χ0) is 14.5. The molecule has 0 radical (unpaired) electrons. The molecule has 2 nitrogen and oxygen atoms in total. The Kier molecular flexibility index (Phi) is 4.99. The molecule has 4 heteroatoms. The summed E-state index contributed by atoms with van der Waals surface area (Å²) in [5.74, 6) is -0.102. The van der Waals surface area contributed by atoms with E-state index in [9.17, 15) is 4.39 Å². The summed E-state index contributed by atoms with van der Waals surface area (Å²) in [6, 6.07) is 12.1. The minimum Gasteiger partial charge on any atom is -0.486 e. The molecule has 0 bridgehead atoms. The van der Waals surface area contributed by atoms with Gasteiger partial charge in [0.15, 0.2) is 11.6 Å². The molecule has 0 aliphatic heterocycles. The zero-order valence-corrected chi connectivity index (χ0v) is 12.0. The Labute approximate surface area is 123 Å². The van der Waals surface area contributed by atoms with Crippen molar-refractivity contribution in [3.05, 3.63) is 64.4 Å². The molecule has 106 valence electrons. The molecule has 20 heavy (non-hydrogen) atoms. The number of ether oxygens (including phenoxy) is 1. The zero-order valence-electron chi connectivity index (χ0n) is 11.3. The lowest BCUT2D eigenvalue weighted by Crippen LogP contribution is -2.18. The number of nitrogens with two attached hydrogens (primary N) is 1. The number of para-hydroxylation sites is 1. The molecular formula is C16H17ClFNO. The van der Waals surface area contributed by atoms with Crippen LogP contribution in [0.2, 0.25) is 5.02 Å². The maximum absolute atomic E-state index is 13.9. The van der Waals surface area contributed by atoms with Gasteiger partial charge < -0.3 is 10.5 Å². The van der Waals surface area contributed by atoms with Crippen LogP contribution in [0.15, 0.2) is 42.5 Å². The van der Waals surface area contributed by atoms with Crippen LogP contribution in [0.1, 0.15) is 18.1 Å². The van der Waals surface area contributed by atoms with Crippen LogP contribution in [0.3, 0.4) is 0 Å². The molecule has 0 aromatic heterocycles. The maximum Gasteiger partial charge on any atom is 0.165 e. The lowest BCUT2D eigenvalue weighted by molar-refractivity contribution is 0.286. The van der Waals surface area contributed by atoms with Crippen molar-refractivity contribution in [3.8, 4) is 5.75 Å². The molecule has 0 heterocycles. The maximum atomic E-state index is 13.9. The molecular weight excluding hydrogens is 277 g/mol. The van der Waals surface area contributed by atoms with E-state index in [0.717, 1.165) is 11.1 Å². The van der Waals surface area contributed by atoms with Gasteiger partial charge in [-0.3, -0.25) is 0 Å². The van der Waals surface area contributed by atoms with E-state index >= 15 is 0 Å². The standard InChI is InChI=1S/C16H17ClFNO/c1-11(19)8-13-5-3-7-15(18)16(13)20-10-12-4-2-6-14(17)9-12/h2-7,9,11H,8,10,19H2,1H3. The van der Waals surface area contributed by atoms with Crippen molar-refractivity contribution in [2.75, 3.05) is 0 Å². The number of rotatable bonds is 5. The Morgan fingerprint density at radius 3 is 2.70 bits per heavy atom. The van der Waals surface area contributed by atoms with Crippen molar-refractivity contribution < 1.29 is 9.13 Å². The van der Waals surface area contributed by atoms with E-state index in [2.05, 4.69) is 0 Å². The Hall–Kier alpha value is -1.58. The van der Waals surface area contributed by atoms with Crippen molar-refractivity contribution >= 4 is 11.6 Å². The predicted octanol–water partition coefficient (Wildman–Crippen LogP) is 3.95. The first-order chi connectivity index (χ1) is 9.56. The van der Waals surface area contributed by atoms with Crippen molar-refractivity contribution in [1.82, 2.24) is 0 Å². The normalized spacial score (nSPS) is 12.2. The highest BCUT2D eigenvalue weighted by molar-refractivity contribution is 6.30. The largest absolute Gasteiger partial charge is 0.486 e. The molecule has 1 atom stereocenters. The van der Waals surface area contributed by atoms with E-state index in [-0.39, 0.29) is 24.2 Å². The van der Waals surface area contributed by atoms with Crippen LogP contribution in [-0.4, -0.2) is 6.04 Å². The average Bonchev–Trinajstić information content (AvgIpc) is 2.37. The third kappa shape index (κ3) is 3.95. The van der Waals surface area contributed by atoms with Gasteiger partial charge in [-0.25, -0.2) is 4.39 Å². The number of hydrogen-bond donors (Lipinski definition) is 1. The second kappa shape index (κ2) is 6.73. The molecule has 2 rings (SSSR count). The van der Waals surface area contributed by atoms with E-state index in [4.69, 9.17) is 22.1 Å². The molecule has 0 saturated carbocycles. The quantitative estimate of drug-likeness (QED) is 0.906. The number of benzene rings is 2. The highest BCUT2D eigenvalue weighted by Gasteiger charge is 2.11. The van der Waals surface area contributed by atoms with E-state index in [1.54, 1.807) is 18.2 Å². The summed E-state index contributed by atoms with van der Waals surface area (Å²) in [6.45, 7) is 2.15. The van der Waals surface area contributed by atoms with Gasteiger partial charge in [0.2, 0.25) is 0 Å². The highest BCUT2D eigenvalue weighted by Crippen LogP contribution is 2.25. The summed E-state index contributed by atoms with van der Waals surface area (Å²) in [5.41, 5.74) is 7.45. The third-order valence-electron chi connectivity index (χ3n) is 2.86. The predicted molar refractivity (Wildman–Crippen MR) is 79.5 cm³/mol. The van der Waals surface area contributed by atoms with Crippen LogP contribution in [0.5, 0.6) is 5.75 Å². The van der Waals surface area contributed by atoms with Gasteiger partial charge in [0.25, 0.3) is 0 Å². The van der Waals surface area contributed by atoms with E-state index in [0.29, 0.717) is 11.4 Å². The Bertz CT molecular complexity index is 586. The fourth-order valence-corrected chi connectivity index (χ4v) is 2.22. The van der Waals surface area contributed by atoms with Crippen molar-refractivity contribution in [3.63, 3.8) is 0 Å². The molecule has 0 aliphatic carbocycles. The second-order valence-electron chi connectivity index (χ2n) is 4.83. The van der Waals surface area contributed by atoms with Gasteiger partial charge in [-0.2, -0.15) is 0 Å². The molecule has 2 aromatic rings. The minimum atomic E-state index is -0.370. The van der Waals surface area contributed by atoms with E-state index < -0.39 is 0 Å². The van der Waals surface area contributed by atoms with Crippen molar-refractivity contribution in [2.45, 2.75) is 26.0 Å². The van der Waals surface area contributed by atoms with Crippen molar-refractivity contribution in [1.29, 1.82) is 0 Å². The average molecular weight is 294 g/mol. The first-order valence-electron chi connectivity index (χ1n) is 6.46. The molecule has 0 saturated heterocycles. The van der Waals surface area contributed by atoms with Gasteiger partial charge in [-0.05, 0) is 42.7 Å². The van der Waals surface area contributed by atoms with Crippen LogP contribution < -0.4 is 10.5 Å². The fourth-order valence-electron chi connectivity index (χ4n) is 2.01. The van der Waals surface area contributed by atoms with Crippen LogP contribution in [0, 0.1) is 5.82 Å². The molecule has 0 aliphatic rings. The summed E-state index contributed by atoms with van der Waals surface area (Å²) in [4.78, 5) is 0. The first kappa shape index (κ1) is 14.8. The molecule has 2 N–H and O–H groups in total. The van der Waals surface area contributed by atoms with E-state index in [1.165, 1.54) is 6.07 Å². The summed E-state index contributed by atoms with van der Waals surface area (Å²) >= 11 is 5.91. The van der Waals surface area contributed by atoms with Gasteiger partial charge in [-0.15, -0.1) is 0 Å². The lowest BCUT2D eigenvalue weighted by atomic mass is 10.1. The number of halogens is 2. The second-order valence-corrected chi connectivity index (χ2v) is 5.26. The molecule has 0 fully saturated rings. The summed E-state index contributed by atoms with van der Waals surface area (Å²) in [6.07, 6.45) is 0.572. The monoisotopic (exact) mass is 293 g/mol. The highest BCUT2D eigenvalue weighted by atomic mass is 35.5. The SMILES string of the molecule is CC(N)Cc1cccc(F)c1OCc1cccc(Cl)c1. The van der Waals surface area contributed by atoms with Gasteiger partial charge in [0.05, 0.1) is 0 Å². The van der Waals surface area contributed by atoms with Gasteiger partial charge in [-0.1, -0.05) is 35.9 Å². The van der Waals surface area contributed by atoms with Gasteiger partial charge >= 0.3 is 0 Å². The van der Waals surface area contributed by atoms with Crippen LogP contribution in [0.25, 0.3) is 0 Å². The van der Waals surface area contributed by atoms with Gasteiger partial charge in [0, 0.05) is 11.1 Å². The summed E-state index contributed by atoms with van der Waals surface area (Å²) < 4.78 is 19.5. The van der Waals surface area contributed by atoms with Gasteiger partial charge in [0.1, 0.15) is 6.61 Å². The van der Waals surface area contributed by atoms with Crippen LogP contribution >= 0.6 is 11.6 Å². The third-order valence-corrected chi connectivity index (χ3v) is 3.10. The Morgan fingerprint density at radius 1 is 1.25 bits per heavy atom. The minimum absolute atomic E-state index is 0.0506. The summed E-state index contributed by atoms with van der Waals surface area (Å²) in [5, 5.41) is 0.635.